The number of carbonyl (C=O) groups excluding carboxylic acids is 1. The molecule has 0 spiro atoms. The molecule has 2 rings (SSSR count). The Morgan fingerprint density at radius 2 is 2.11 bits per heavy atom. The summed E-state index contributed by atoms with van der Waals surface area (Å²) in [6, 6.07) is 9.82. The van der Waals surface area contributed by atoms with Crippen LogP contribution in [0.15, 0.2) is 30.3 Å². The fourth-order valence-corrected chi connectivity index (χ4v) is 2.25. The van der Waals surface area contributed by atoms with Gasteiger partial charge in [0.05, 0.1) is 0 Å². The normalized spacial score (nSPS) is 18.2. The highest BCUT2D eigenvalue weighted by molar-refractivity contribution is 5.92. The number of carbonyl (C=O) groups is 1. The molecule has 1 aliphatic rings. The van der Waals surface area contributed by atoms with Crippen molar-refractivity contribution in [2.75, 3.05) is 25.0 Å². The predicted molar refractivity (Wildman–Crippen MR) is 77.3 cm³/mol. The van der Waals surface area contributed by atoms with E-state index < -0.39 is 0 Å². The summed E-state index contributed by atoms with van der Waals surface area (Å²) in [5.41, 5.74) is 0.974. The van der Waals surface area contributed by atoms with Gasteiger partial charge >= 0.3 is 0 Å². The van der Waals surface area contributed by atoms with Crippen molar-refractivity contribution in [2.45, 2.75) is 19.3 Å². The molecule has 0 radical (unpaired) electrons. The summed E-state index contributed by atoms with van der Waals surface area (Å²) < 4.78 is 0. The summed E-state index contributed by atoms with van der Waals surface area (Å²) in [5.74, 6) is 0.895. The number of rotatable bonds is 4. The first kappa shape index (κ1) is 15.0. The highest BCUT2D eigenvalue weighted by atomic mass is 35.5. The molecule has 3 nitrogen and oxygen atoms in total. The molecule has 18 heavy (non-hydrogen) atoms. The number of nitrogens with one attached hydrogen (secondary N) is 1. The van der Waals surface area contributed by atoms with Crippen molar-refractivity contribution in [3.63, 3.8) is 0 Å². The van der Waals surface area contributed by atoms with Crippen LogP contribution in [0.25, 0.3) is 0 Å². The SMILES string of the molecule is CN(C(=O)CCC1CCNC1)c1ccccc1.Cl. The summed E-state index contributed by atoms with van der Waals surface area (Å²) in [6.45, 7) is 2.18. The number of nitrogens with zero attached hydrogens (tertiary/aromatic N) is 1. The minimum atomic E-state index is 0. The molecule has 1 aliphatic heterocycles. The molecule has 1 aromatic carbocycles. The minimum absolute atomic E-state index is 0. The average Bonchev–Trinajstić information content (AvgIpc) is 2.89. The molecule has 1 N–H and O–H groups in total. The van der Waals surface area contributed by atoms with Crippen LogP contribution < -0.4 is 10.2 Å². The van der Waals surface area contributed by atoms with Crippen molar-refractivity contribution in [3.05, 3.63) is 30.3 Å². The summed E-state index contributed by atoms with van der Waals surface area (Å²) in [4.78, 5) is 13.8. The van der Waals surface area contributed by atoms with Gasteiger partial charge in [0.1, 0.15) is 0 Å². The predicted octanol–water partition coefficient (Wildman–Crippen LogP) is 2.46. The van der Waals surface area contributed by atoms with E-state index in [0.717, 1.165) is 25.2 Å². The topological polar surface area (TPSA) is 32.3 Å². The maximum atomic E-state index is 12.0. The lowest BCUT2D eigenvalue weighted by atomic mass is 10.0. The van der Waals surface area contributed by atoms with E-state index in [1.807, 2.05) is 37.4 Å². The third-order valence-electron chi connectivity index (χ3n) is 3.45. The Hall–Kier alpha value is -1.06. The molecule has 1 unspecified atom stereocenters. The van der Waals surface area contributed by atoms with Gasteiger partial charge in [-0.2, -0.15) is 0 Å². The maximum absolute atomic E-state index is 12.0. The largest absolute Gasteiger partial charge is 0.316 e. The summed E-state index contributed by atoms with van der Waals surface area (Å²) in [7, 11) is 1.85. The van der Waals surface area contributed by atoms with Crippen LogP contribution in [0.4, 0.5) is 5.69 Å². The quantitative estimate of drug-likeness (QED) is 0.910. The zero-order valence-corrected chi connectivity index (χ0v) is 11.6. The second-order valence-corrected chi connectivity index (χ2v) is 4.69. The summed E-state index contributed by atoms with van der Waals surface area (Å²) >= 11 is 0. The number of para-hydroxylation sites is 1. The van der Waals surface area contributed by atoms with Crippen LogP contribution in [0.1, 0.15) is 19.3 Å². The number of amides is 1. The third-order valence-corrected chi connectivity index (χ3v) is 3.45. The molecule has 1 fully saturated rings. The molecular formula is C14H21ClN2O. The first-order valence-corrected chi connectivity index (χ1v) is 6.29. The fourth-order valence-electron chi connectivity index (χ4n) is 2.25. The van der Waals surface area contributed by atoms with Gasteiger partial charge in [0.15, 0.2) is 0 Å². The number of benzene rings is 1. The van der Waals surface area contributed by atoms with Crippen LogP contribution in [-0.4, -0.2) is 26.0 Å². The van der Waals surface area contributed by atoms with Crippen molar-refractivity contribution < 1.29 is 4.79 Å². The van der Waals surface area contributed by atoms with Crippen LogP contribution in [0, 0.1) is 5.92 Å². The van der Waals surface area contributed by atoms with Gasteiger partial charge in [0, 0.05) is 19.2 Å². The fraction of sp³-hybridized carbons (Fsp3) is 0.500. The lowest BCUT2D eigenvalue weighted by Gasteiger charge is -2.18. The van der Waals surface area contributed by atoms with Crippen molar-refractivity contribution in [2.24, 2.45) is 5.92 Å². The highest BCUT2D eigenvalue weighted by Crippen LogP contribution is 2.17. The molecule has 1 amide bonds. The number of halogens is 1. The Morgan fingerprint density at radius 3 is 2.72 bits per heavy atom. The number of hydrogen-bond donors (Lipinski definition) is 1. The van der Waals surface area contributed by atoms with Gasteiger partial charge in [-0.05, 0) is 44.0 Å². The van der Waals surface area contributed by atoms with E-state index in [0.29, 0.717) is 12.3 Å². The van der Waals surface area contributed by atoms with Crippen molar-refractivity contribution in [3.8, 4) is 0 Å². The Bertz CT molecular complexity index is 363. The smallest absolute Gasteiger partial charge is 0.226 e. The van der Waals surface area contributed by atoms with Gasteiger partial charge in [0.2, 0.25) is 5.91 Å². The van der Waals surface area contributed by atoms with Crippen LogP contribution in [0.5, 0.6) is 0 Å². The molecule has 1 saturated heterocycles. The van der Waals surface area contributed by atoms with E-state index in [1.54, 1.807) is 4.90 Å². The number of hydrogen-bond acceptors (Lipinski definition) is 2. The molecule has 1 heterocycles. The lowest BCUT2D eigenvalue weighted by molar-refractivity contribution is -0.118. The zero-order chi connectivity index (χ0) is 12.1. The van der Waals surface area contributed by atoms with Gasteiger partial charge in [-0.25, -0.2) is 0 Å². The van der Waals surface area contributed by atoms with Crippen molar-refractivity contribution in [1.82, 2.24) is 5.32 Å². The van der Waals surface area contributed by atoms with E-state index in [2.05, 4.69) is 5.32 Å². The molecule has 1 atom stereocenters. The average molecular weight is 269 g/mol. The van der Waals surface area contributed by atoms with Crippen molar-refractivity contribution >= 4 is 24.0 Å². The molecule has 0 aromatic heterocycles. The molecule has 4 heteroatoms. The Kier molecular flexibility index (Phi) is 6.16. The van der Waals surface area contributed by atoms with Gasteiger partial charge in [-0.15, -0.1) is 12.4 Å². The molecule has 0 bridgehead atoms. The summed E-state index contributed by atoms with van der Waals surface area (Å²) in [6.07, 6.45) is 2.86. The highest BCUT2D eigenvalue weighted by Gasteiger charge is 2.17. The first-order chi connectivity index (χ1) is 8.27. The standard InChI is InChI=1S/C14H20N2O.ClH/c1-16(13-5-3-2-4-6-13)14(17)8-7-12-9-10-15-11-12;/h2-6,12,15H,7-11H2,1H3;1H. The van der Waals surface area contributed by atoms with Crippen LogP contribution in [0.2, 0.25) is 0 Å². The van der Waals surface area contributed by atoms with E-state index in [-0.39, 0.29) is 18.3 Å². The van der Waals surface area contributed by atoms with Gasteiger partial charge in [-0.1, -0.05) is 18.2 Å². The molecular weight excluding hydrogens is 248 g/mol. The maximum Gasteiger partial charge on any atom is 0.226 e. The molecule has 0 aliphatic carbocycles. The third kappa shape index (κ3) is 4.00. The number of anilines is 1. The summed E-state index contributed by atoms with van der Waals surface area (Å²) in [5, 5.41) is 3.33. The minimum Gasteiger partial charge on any atom is -0.316 e. The van der Waals surface area contributed by atoms with E-state index in [1.165, 1.54) is 6.42 Å². The Labute approximate surface area is 115 Å². The van der Waals surface area contributed by atoms with Gasteiger partial charge in [0.25, 0.3) is 0 Å². The zero-order valence-electron chi connectivity index (χ0n) is 10.8. The van der Waals surface area contributed by atoms with E-state index >= 15 is 0 Å². The van der Waals surface area contributed by atoms with Gasteiger partial charge in [-0.3, -0.25) is 4.79 Å². The van der Waals surface area contributed by atoms with E-state index in [4.69, 9.17) is 0 Å². The van der Waals surface area contributed by atoms with Crippen LogP contribution >= 0.6 is 12.4 Å². The monoisotopic (exact) mass is 268 g/mol. The van der Waals surface area contributed by atoms with Crippen molar-refractivity contribution in [1.29, 1.82) is 0 Å². The second-order valence-electron chi connectivity index (χ2n) is 4.69. The van der Waals surface area contributed by atoms with Gasteiger partial charge < -0.3 is 10.2 Å². The van der Waals surface area contributed by atoms with E-state index in [9.17, 15) is 4.79 Å². The first-order valence-electron chi connectivity index (χ1n) is 6.29. The second kappa shape index (κ2) is 7.39. The molecule has 0 saturated carbocycles. The van der Waals surface area contributed by atoms with Crippen LogP contribution in [0.3, 0.4) is 0 Å². The molecule has 1 aromatic rings. The Morgan fingerprint density at radius 1 is 1.39 bits per heavy atom. The lowest BCUT2D eigenvalue weighted by Crippen LogP contribution is -2.26. The van der Waals surface area contributed by atoms with Crippen LogP contribution in [-0.2, 0) is 4.79 Å². The molecule has 100 valence electrons. The Balaban J connectivity index is 0.00000162.